The first kappa shape index (κ1) is 11.4. The molecule has 0 spiro atoms. The van der Waals surface area contributed by atoms with Crippen molar-refractivity contribution in [3.8, 4) is 0 Å². The number of rotatable bonds is 2. The Kier molecular flexibility index (Phi) is 3.13. The largest absolute Gasteiger partial charge is 0.383 e. The molecule has 2 rings (SSSR count). The van der Waals surface area contributed by atoms with Crippen molar-refractivity contribution in [3.63, 3.8) is 0 Å². The van der Waals surface area contributed by atoms with Crippen molar-refractivity contribution < 1.29 is 4.39 Å². The molecule has 0 aliphatic heterocycles. The quantitative estimate of drug-likeness (QED) is 0.860. The average molecular weight is 331 g/mol. The molecule has 16 heavy (non-hydrogen) atoms. The van der Waals surface area contributed by atoms with E-state index in [0.29, 0.717) is 5.82 Å². The lowest BCUT2D eigenvalue weighted by Gasteiger charge is -2.14. The van der Waals surface area contributed by atoms with E-state index in [2.05, 4.69) is 27.7 Å². The highest BCUT2D eigenvalue weighted by Crippen LogP contribution is 2.23. The molecule has 1 heterocycles. The number of nitrogens with two attached hydrogens (primary N) is 1. The third-order valence-electron chi connectivity index (χ3n) is 2.51. The summed E-state index contributed by atoms with van der Waals surface area (Å²) in [6, 6.07) is 6.37. The highest BCUT2D eigenvalue weighted by molar-refractivity contribution is 14.1. The van der Waals surface area contributed by atoms with Crippen LogP contribution in [-0.2, 0) is 0 Å². The van der Waals surface area contributed by atoms with Crippen LogP contribution in [0.15, 0.2) is 30.5 Å². The van der Waals surface area contributed by atoms with Gasteiger partial charge in [-0.1, -0.05) is 12.1 Å². The van der Waals surface area contributed by atoms with Gasteiger partial charge in [-0.05, 0) is 47.2 Å². The zero-order valence-electron chi connectivity index (χ0n) is 8.69. The van der Waals surface area contributed by atoms with Gasteiger partial charge in [-0.2, -0.15) is 5.10 Å². The number of benzene rings is 1. The molecule has 0 fully saturated rings. The van der Waals surface area contributed by atoms with Crippen LogP contribution in [0.25, 0.3) is 0 Å². The lowest BCUT2D eigenvalue weighted by atomic mass is 10.1. The van der Waals surface area contributed by atoms with Gasteiger partial charge in [0, 0.05) is 0 Å². The number of nitrogen functional groups attached to an aromatic ring is 1. The monoisotopic (exact) mass is 331 g/mol. The van der Waals surface area contributed by atoms with Crippen LogP contribution in [-0.4, -0.2) is 9.78 Å². The number of nitrogens with zero attached hydrogens (tertiary/aromatic N) is 2. The van der Waals surface area contributed by atoms with Crippen LogP contribution in [0.1, 0.15) is 18.5 Å². The molecule has 84 valence electrons. The molecule has 2 aromatic rings. The molecule has 2 N–H and O–H groups in total. The summed E-state index contributed by atoms with van der Waals surface area (Å²) in [5.41, 5.74) is 6.87. The van der Waals surface area contributed by atoms with Crippen LogP contribution in [0.3, 0.4) is 0 Å². The first-order valence-corrected chi connectivity index (χ1v) is 5.91. The fraction of sp³-hybridized carbons (Fsp3) is 0.182. The smallest absolute Gasteiger partial charge is 0.135 e. The van der Waals surface area contributed by atoms with Crippen molar-refractivity contribution >= 4 is 28.4 Å². The molecule has 0 aliphatic carbocycles. The summed E-state index contributed by atoms with van der Waals surface area (Å²) < 4.78 is 15.4. The van der Waals surface area contributed by atoms with Gasteiger partial charge in [0.15, 0.2) is 0 Å². The molecule has 0 bridgehead atoms. The Morgan fingerprint density at radius 2 is 2.00 bits per heavy atom. The molecule has 0 amide bonds. The predicted molar refractivity (Wildman–Crippen MR) is 69.6 cm³/mol. The van der Waals surface area contributed by atoms with E-state index >= 15 is 0 Å². The summed E-state index contributed by atoms with van der Waals surface area (Å²) in [6.45, 7) is 1.98. The van der Waals surface area contributed by atoms with Crippen LogP contribution in [0.5, 0.6) is 0 Å². The maximum Gasteiger partial charge on any atom is 0.135 e. The summed E-state index contributed by atoms with van der Waals surface area (Å²) >= 11 is 2.13. The summed E-state index contributed by atoms with van der Waals surface area (Å²) in [4.78, 5) is 0. The summed E-state index contributed by atoms with van der Waals surface area (Å²) in [7, 11) is 0. The fourth-order valence-corrected chi connectivity index (χ4v) is 1.91. The Morgan fingerprint density at radius 3 is 2.50 bits per heavy atom. The van der Waals surface area contributed by atoms with Gasteiger partial charge < -0.3 is 5.73 Å². The van der Waals surface area contributed by atoms with Crippen molar-refractivity contribution in [3.05, 3.63) is 45.4 Å². The second-order valence-corrected chi connectivity index (χ2v) is 4.71. The molecule has 0 saturated heterocycles. The minimum atomic E-state index is -0.237. The van der Waals surface area contributed by atoms with Crippen molar-refractivity contribution in [2.75, 3.05) is 5.73 Å². The van der Waals surface area contributed by atoms with Gasteiger partial charge in [-0.25, -0.2) is 9.07 Å². The number of anilines is 1. The average Bonchev–Trinajstić information content (AvgIpc) is 2.60. The van der Waals surface area contributed by atoms with Gasteiger partial charge in [0.1, 0.15) is 11.6 Å². The van der Waals surface area contributed by atoms with E-state index in [0.717, 1.165) is 9.13 Å². The van der Waals surface area contributed by atoms with Gasteiger partial charge in [0.05, 0.1) is 15.8 Å². The molecule has 1 aromatic heterocycles. The van der Waals surface area contributed by atoms with Crippen molar-refractivity contribution in [1.29, 1.82) is 0 Å². The number of halogens is 2. The van der Waals surface area contributed by atoms with Gasteiger partial charge in [-0.3, -0.25) is 0 Å². The molecule has 0 aliphatic rings. The van der Waals surface area contributed by atoms with Crippen LogP contribution < -0.4 is 5.73 Å². The van der Waals surface area contributed by atoms with Crippen LogP contribution in [0.4, 0.5) is 10.2 Å². The van der Waals surface area contributed by atoms with Crippen molar-refractivity contribution in [1.82, 2.24) is 9.78 Å². The topological polar surface area (TPSA) is 43.8 Å². The standard InChI is InChI=1S/C11H11FIN3/c1-7(8-2-4-9(12)5-3-8)16-11(14)10(13)6-15-16/h2-7H,14H2,1H3. The van der Waals surface area contributed by atoms with E-state index in [4.69, 9.17) is 5.73 Å². The van der Waals surface area contributed by atoms with E-state index in [-0.39, 0.29) is 11.9 Å². The SMILES string of the molecule is CC(c1ccc(F)cc1)n1ncc(I)c1N. The van der Waals surface area contributed by atoms with E-state index < -0.39 is 0 Å². The molecule has 3 nitrogen and oxygen atoms in total. The predicted octanol–water partition coefficient (Wildman–Crippen LogP) is 2.82. The first-order chi connectivity index (χ1) is 7.59. The Labute approximate surface area is 107 Å². The molecule has 0 saturated carbocycles. The van der Waals surface area contributed by atoms with E-state index in [1.807, 2.05) is 6.92 Å². The van der Waals surface area contributed by atoms with E-state index in [9.17, 15) is 4.39 Å². The Bertz CT molecular complexity index is 492. The minimum Gasteiger partial charge on any atom is -0.383 e. The Balaban J connectivity index is 2.35. The maximum absolute atomic E-state index is 12.8. The molecular weight excluding hydrogens is 320 g/mol. The van der Waals surface area contributed by atoms with Crippen molar-refractivity contribution in [2.45, 2.75) is 13.0 Å². The Hall–Kier alpha value is -1.11. The summed E-state index contributed by atoms with van der Waals surface area (Å²) in [5.74, 6) is 0.399. The van der Waals surface area contributed by atoms with Gasteiger partial charge in [0.2, 0.25) is 0 Å². The number of hydrogen-bond acceptors (Lipinski definition) is 2. The molecule has 1 unspecified atom stereocenters. The minimum absolute atomic E-state index is 0.00381. The third-order valence-corrected chi connectivity index (χ3v) is 3.34. The van der Waals surface area contributed by atoms with Crippen molar-refractivity contribution in [2.24, 2.45) is 0 Å². The molecule has 0 radical (unpaired) electrons. The number of hydrogen-bond donors (Lipinski definition) is 1. The molecule has 1 aromatic carbocycles. The normalized spacial score (nSPS) is 12.7. The molecule has 5 heteroatoms. The second kappa shape index (κ2) is 4.40. The summed E-state index contributed by atoms with van der Waals surface area (Å²) in [5, 5.41) is 4.20. The first-order valence-electron chi connectivity index (χ1n) is 4.83. The zero-order valence-corrected chi connectivity index (χ0v) is 10.8. The molecular formula is C11H11FIN3. The van der Waals surface area contributed by atoms with Crippen LogP contribution in [0.2, 0.25) is 0 Å². The van der Waals surface area contributed by atoms with Gasteiger partial charge in [-0.15, -0.1) is 0 Å². The van der Waals surface area contributed by atoms with E-state index in [1.165, 1.54) is 12.1 Å². The van der Waals surface area contributed by atoms with Gasteiger partial charge >= 0.3 is 0 Å². The highest BCUT2D eigenvalue weighted by Gasteiger charge is 2.13. The van der Waals surface area contributed by atoms with E-state index in [1.54, 1.807) is 23.0 Å². The maximum atomic E-state index is 12.8. The number of aromatic nitrogens is 2. The van der Waals surface area contributed by atoms with Crippen LogP contribution in [0, 0.1) is 9.39 Å². The van der Waals surface area contributed by atoms with Crippen LogP contribution >= 0.6 is 22.6 Å². The highest BCUT2D eigenvalue weighted by atomic mass is 127. The van der Waals surface area contributed by atoms with Gasteiger partial charge in [0.25, 0.3) is 0 Å². The fourth-order valence-electron chi connectivity index (χ4n) is 1.54. The molecule has 1 atom stereocenters. The Morgan fingerprint density at radius 1 is 1.38 bits per heavy atom. The lowest BCUT2D eigenvalue weighted by Crippen LogP contribution is -2.11. The lowest BCUT2D eigenvalue weighted by molar-refractivity contribution is 0.569. The summed E-state index contributed by atoms with van der Waals surface area (Å²) in [6.07, 6.45) is 1.72. The second-order valence-electron chi connectivity index (χ2n) is 3.55. The third kappa shape index (κ3) is 2.04. The zero-order chi connectivity index (χ0) is 11.7.